The Hall–Kier alpha value is -0.730. The van der Waals surface area contributed by atoms with Gasteiger partial charge in [0.1, 0.15) is 0 Å². The number of aliphatic hydroxyl groups excluding tert-OH is 1. The van der Waals surface area contributed by atoms with E-state index in [1.807, 2.05) is 0 Å². The third kappa shape index (κ3) is 7.76. The summed E-state index contributed by atoms with van der Waals surface area (Å²) in [5, 5.41) is 12.6. The highest BCUT2D eigenvalue weighted by molar-refractivity contribution is 6.18. The van der Waals surface area contributed by atoms with Gasteiger partial charge in [0.2, 0.25) is 0 Å². The third-order valence-electron chi connectivity index (χ3n) is 3.49. The van der Waals surface area contributed by atoms with E-state index in [0.29, 0.717) is 6.54 Å². The average Bonchev–Trinajstić information content (AvgIpc) is 2.49. The van der Waals surface area contributed by atoms with Crippen molar-refractivity contribution >= 4 is 17.3 Å². The zero-order valence-corrected chi connectivity index (χ0v) is 13.3. The summed E-state index contributed by atoms with van der Waals surface area (Å²) < 4.78 is 0. The molecule has 20 heavy (non-hydrogen) atoms. The molecule has 0 radical (unpaired) electrons. The van der Waals surface area contributed by atoms with Crippen molar-refractivity contribution in [2.45, 2.75) is 58.0 Å². The lowest BCUT2D eigenvalue weighted by Gasteiger charge is -2.10. The second-order valence-corrected chi connectivity index (χ2v) is 5.71. The zero-order chi connectivity index (χ0) is 14.6. The van der Waals surface area contributed by atoms with Gasteiger partial charge in [-0.1, -0.05) is 51.2 Å². The quantitative estimate of drug-likeness (QED) is 0.462. The molecule has 1 atom stereocenters. The highest BCUT2D eigenvalue weighted by atomic mass is 35.5. The molecular weight excluding hydrogens is 270 g/mol. The molecular formula is C17H28ClNO. The second kappa shape index (κ2) is 11.0. The van der Waals surface area contributed by atoms with Crippen molar-refractivity contribution in [3.63, 3.8) is 0 Å². The van der Waals surface area contributed by atoms with Crippen LogP contribution in [0, 0.1) is 0 Å². The molecule has 1 aromatic rings. The highest BCUT2D eigenvalue weighted by Gasteiger charge is 2.01. The van der Waals surface area contributed by atoms with Crippen molar-refractivity contribution in [2.75, 3.05) is 17.7 Å². The third-order valence-corrected chi connectivity index (χ3v) is 3.85. The number of aryl methyl sites for hydroxylation is 1. The summed E-state index contributed by atoms with van der Waals surface area (Å²) in [6, 6.07) is 8.49. The van der Waals surface area contributed by atoms with Crippen LogP contribution < -0.4 is 5.32 Å². The molecule has 0 aliphatic rings. The van der Waals surface area contributed by atoms with Gasteiger partial charge >= 0.3 is 0 Å². The molecule has 0 amide bonds. The summed E-state index contributed by atoms with van der Waals surface area (Å²) in [5.74, 6) is 0.267. The molecule has 0 bridgehead atoms. The largest absolute Gasteiger partial charge is 0.390 e. The summed E-state index contributed by atoms with van der Waals surface area (Å²) in [6.45, 7) is 2.75. The van der Waals surface area contributed by atoms with Crippen LogP contribution in [0.15, 0.2) is 24.3 Å². The summed E-state index contributed by atoms with van der Waals surface area (Å²) in [5.41, 5.74) is 2.43. The van der Waals surface area contributed by atoms with Crippen LogP contribution in [-0.2, 0) is 6.42 Å². The molecule has 0 saturated heterocycles. The Balaban J connectivity index is 2.18. The molecule has 0 heterocycles. The molecule has 0 aliphatic heterocycles. The lowest BCUT2D eigenvalue weighted by molar-refractivity contribution is 0.211. The van der Waals surface area contributed by atoms with Gasteiger partial charge in [-0.15, -0.1) is 11.6 Å². The maximum Gasteiger partial charge on any atom is 0.0847 e. The standard InChI is InChI=1S/C17H28ClNO/c1-2-3-4-5-6-7-8-15-9-11-16(12-10-15)19-14-17(20)13-18/h9-12,17,19-20H,2-8,13-14H2,1H3. The van der Waals surface area contributed by atoms with Crippen molar-refractivity contribution in [1.29, 1.82) is 0 Å². The van der Waals surface area contributed by atoms with Crippen LogP contribution in [0.5, 0.6) is 0 Å². The van der Waals surface area contributed by atoms with Crippen LogP contribution >= 0.6 is 11.6 Å². The van der Waals surface area contributed by atoms with Crippen LogP contribution in [0.3, 0.4) is 0 Å². The maximum atomic E-state index is 9.38. The molecule has 0 aromatic heterocycles. The van der Waals surface area contributed by atoms with Crippen molar-refractivity contribution in [1.82, 2.24) is 0 Å². The van der Waals surface area contributed by atoms with E-state index in [9.17, 15) is 5.11 Å². The van der Waals surface area contributed by atoms with E-state index in [2.05, 4.69) is 36.5 Å². The Bertz CT molecular complexity index is 339. The van der Waals surface area contributed by atoms with Gasteiger partial charge in [-0.2, -0.15) is 0 Å². The Morgan fingerprint density at radius 2 is 1.70 bits per heavy atom. The number of halogens is 1. The van der Waals surface area contributed by atoms with E-state index in [4.69, 9.17) is 11.6 Å². The number of rotatable bonds is 11. The molecule has 1 rings (SSSR count). The number of alkyl halides is 1. The van der Waals surface area contributed by atoms with Crippen LogP contribution in [0.1, 0.15) is 51.0 Å². The fourth-order valence-electron chi connectivity index (χ4n) is 2.19. The summed E-state index contributed by atoms with van der Waals surface area (Å²) >= 11 is 5.56. The molecule has 0 aliphatic carbocycles. The number of hydrogen-bond donors (Lipinski definition) is 2. The number of hydrogen-bond acceptors (Lipinski definition) is 2. The first-order chi connectivity index (χ1) is 9.76. The molecule has 0 saturated carbocycles. The topological polar surface area (TPSA) is 32.3 Å². The van der Waals surface area contributed by atoms with Crippen LogP contribution in [0.25, 0.3) is 0 Å². The fourth-order valence-corrected chi connectivity index (χ4v) is 2.30. The lowest BCUT2D eigenvalue weighted by atomic mass is 10.0. The van der Waals surface area contributed by atoms with E-state index < -0.39 is 6.10 Å². The second-order valence-electron chi connectivity index (χ2n) is 5.40. The number of benzene rings is 1. The summed E-state index contributed by atoms with van der Waals surface area (Å²) in [4.78, 5) is 0. The highest BCUT2D eigenvalue weighted by Crippen LogP contribution is 2.13. The summed E-state index contributed by atoms with van der Waals surface area (Å²) in [6.07, 6.45) is 8.72. The Morgan fingerprint density at radius 1 is 1.05 bits per heavy atom. The van der Waals surface area contributed by atoms with Gasteiger partial charge in [-0.25, -0.2) is 0 Å². The van der Waals surface area contributed by atoms with Crippen molar-refractivity contribution in [3.8, 4) is 0 Å². The fraction of sp³-hybridized carbons (Fsp3) is 0.647. The van der Waals surface area contributed by atoms with Crippen molar-refractivity contribution in [3.05, 3.63) is 29.8 Å². The monoisotopic (exact) mass is 297 g/mol. The maximum absolute atomic E-state index is 9.38. The van der Waals surface area contributed by atoms with Crippen molar-refractivity contribution in [2.24, 2.45) is 0 Å². The first-order valence-electron chi connectivity index (χ1n) is 7.83. The normalized spacial score (nSPS) is 12.3. The molecule has 3 heteroatoms. The first kappa shape index (κ1) is 17.3. The number of anilines is 1. The molecule has 1 unspecified atom stereocenters. The molecule has 114 valence electrons. The summed E-state index contributed by atoms with van der Waals surface area (Å²) in [7, 11) is 0. The van der Waals surface area contributed by atoms with E-state index in [1.54, 1.807) is 0 Å². The van der Waals surface area contributed by atoms with Gasteiger partial charge in [0.15, 0.2) is 0 Å². The van der Waals surface area contributed by atoms with E-state index in [-0.39, 0.29) is 5.88 Å². The first-order valence-corrected chi connectivity index (χ1v) is 8.36. The van der Waals surface area contributed by atoms with Gasteiger partial charge in [0, 0.05) is 12.2 Å². The Kier molecular flexibility index (Phi) is 9.52. The molecule has 0 fully saturated rings. The molecule has 2 N–H and O–H groups in total. The minimum absolute atomic E-state index is 0.267. The average molecular weight is 298 g/mol. The van der Waals surface area contributed by atoms with Gasteiger partial charge in [0.25, 0.3) is 0 Å². The van der Waals surface area contributed by atoms with E-state index in [1.165, 1.54) is 44.1 Å². The van der Waals surface area contributed by atoms with Crippen LogP contribution in [0.2, 0.25) is 0 Å². The van der Waals surface area contributed by atoms with E-state index in [0.717, 1.165) is 12.1 Å². The predicted octanol–water partition coefficient (Wildman–Crippen LogP) is 4.60. The number of nitrogens with one attached hydrogen (secondary N) is 1. The van der Waals surface area contributed by atoms with Gasteiger partial charge < -0.3 is 10.4 Å². The predicted molar refractivity (Wildman–Crippen MR) is 88.7 cm³/mol. The van der Waals surface area contributed by atoms with Crippen molar-refractivity contribution < 1.29 is 5.11 Å². The minimum Gasteiger partial charge on any atom is -0.390 e. The molecule has 2 nitrogen and oxygen atoms in total. The molecule has 0 spiro atoms. The molecule has 1 aromatic carbocycles. The van der Waals surface area contributed by atoms with Gasteiger partial charge in [0.05, 0.1) is 12.0 Å². The number of unbranched alkanes of at least 4 members (excludes halogenated alkanes) is 5. The lowest BCUT2D eigenvalue weighted by Crippen LogP contribution is -2.20. The number of aliphatic hydroxyl groups is 1. The smallest absolute Gasteiger partial charge is 0.0847 e. The Morgan fingerprint density at radius 3 is 2.35 bits per heavy atom. The van der Waals surface area contributed by atoms with Gasteiger partial charge in [-0.3, -0.25) is 0 Å². The van der Waals surface area contributed by atoms with E-state index >= 15 is 0 Å². The van der Waals surface area contributed by atoms with Crippen LogP contribution in [-0.4, -0.2) is 23.6 Å². The minimum atomic E-state index is -0.487. The SMILES string of the molecule is CCCCCCCCc1ccc(NCC(O)CCl)cc1. The van der Waals surface area contributed by atoms with Gasteiger partial charge in [-0.05, 0) is 30.5 Å². The van der Waals surface area contributed by atoms with Crippen LogP contribution in [0.4, 0.5) is 5.69 Å². The zero-order valence-electron chi connectivity index (χ0n) is 12.6. The Labute approximate surface area is 128 Å².